The van der Waals surface area contributed by atoms with E-state index in [0.29, 0.717) is 24.5 Å². The molecule has 0 aliphatic heterocycles. The Morgan fingerprint density at radius 3 is 2.59 bits per heavy atom. The molecular formula is C23H23FN2O3. The third kappa shape index (κ3) is 5.62. The van der Waals surface area contributed by atoms with Crippen LogP contribution in [0.15, 0.2) is 71.7 Å². The second kappa shape index (κ2) is 9.80. The molecule has 1 aromatic heterocycles. The minimum absolute atomic E-state index is 0.163. The molecule has 6 heteroatoms. The van der Waals surface area contributed by atoms with Crippen molar-refractivity contribution in [3.05, 3.63) is 99.7 Å². The summed E-state index contributed by atoms with van der Waals surface area (Å²) in [7, 11) is 0. The van der Waals surface area contributed by atoms with Gasteiger partial charge in [0.15, 0.2) is 5.78 Å². The van der Waals surface area contributed by atoms with E-state index >= 15 is 0 Å². The number of benzene rings is 2. The van der Waals surface area contributed by atoms with E-state index in [-0.39, 0.29) is 23.5 Å². The van der Waals surface area contributed by atoms with Crippen molar-refractivity contribution in [2.45, 2.75) is 26.6 Å². The fourth-order valence-corrected chi connectivity index (χ4v) is 2.82. The fraction of sp³-hybridized carbons (Fsp3) is 0.217. The number of rotatable bonds is 9. The Morgan fingerprint density at radius 1 is 1.10 bits per heavy atom. The van der Waals surface area contributed by atoms with Gasteiger partial charge in [-0.1, -0.05) is 49.4 Å². The van der Waals surface area contributed by atoms with Crippen molar-refractivity contribution in [2.75, 3.05) is 6.54 Å². The predicted molar refractivity (Wildman–Crippen MR) is 110 cm³/mol. The van der Waals surface area contributed by atoms with E-state index in [1.165, 1.54) is 22.9 Å². The van der Waals surface area contributed by atoms with Crippen LogP contribution < -0.4 is 15.6 Å². The van der Waals surface area contributed by atoms with E-state index in [4.69, 9.17) is 4.74 Å². The highest BCUT2D eigenvalue weighted by Gasteiger charge is 2.12. The van der Waals surface area contributed by atoms with Gasteiger partial charge in [-0.3, -0.25) is 9.59 Å². The summed E-state index contributed by atoms with van der Waals surface area (Å²) >= 11 is 0. The highest BCUT2D eigenvalue weighted by atomic mass is 19.1. The smallest absolute Gasteiger partial charge is 0.254 e. The molecule has 0 amide bonds. The van der Waals surface area contributed by atoms with E-state index in [2.05, 4.69) is 5.32 Å². The van der Waals surface area contributed by atoms with Crippen LogP contribution in [0.5, 0.6) is 5.75 Å². The molecule has 0 unspecified atom stereocenters. The van der Waals surface area contributed by atoms with Gasteiger partial charge in [0.2, 0.25) is 0 Å². The molecule has 3 aromatic rings. The minimum atomic E-state index is -0.436. The lowest BCUT2D eigenvalue weighted by atomic mass is 10.1. The number of ketones is 1. The molecule has 2 aromatic carbocycles. The van der Waals surface area contributed by atoms with Crippen LogP contribution in [-0.2, 0) is 19.7 Å². The maximum atomic E-state index is 14.2. The van der Waals surface area contributed by atoms with Gasteiger partial charge >= 0.3 is 0 Å². The molecule has 0 saturated carbocycles. The summed E-state index contributed by atoms with van der Waals surface area (Å²) in [6.07, 6.45) is 1.51. The van der Waals surface area contributed by atoms with Gasteiger partial charge in [0.1, 0.15) is 18.2 Å². The number of carbonyl (C=O) groups is 1. The lowest BCUT2D eigenvalue weighted by molar-refractivity contribution is 0.0970. The minimum Gasteiger partial charge on any atom is -0.489 e. The number of nitrogens with zero attached hydrogens (tertiary/aromatic N) is 1. The van der Waals surface area contributed by atoms with E-state index in [9.17, 15) is 14.0 Å². The van der Waals surface area contributed by atoms with Gasteiger partial charge in [0, 0.05) is 29.9 Å². The molecule has 0 fully saturated rings. The van der Waals surface area contributed by atoms with Gasteiger partial charge in [-0.2, -0.15) is 0 Å². The number of hydrogen-bond donors (Lipinski definition) is 1. The van der Waals surface area contributed by atoms with Crippen LogP contribution in [-0.4, -0.2) is 16.9 Å². The highest BCUT2D eigenvalue weighted by molar-refractivity contribution is 5.95. The normalized spacial score (nSPS) is 10.7. The topological polar surface area (TPSA) is 60.3 Å². The molecule has 0 aliphatic rings. The van der Waals surface area contributed by atoms with Gasteiger partial charge in [-0.15, -0.1) is 0 Å². The molecular weight excluding hydrogens is 371 g/mol. The molecule has 1 N–H and O–H groups in total. The van der Waals surface area contributed by atoms with Gasteiger partial charge in [0.25, 0.3) is 5.56 Å². The number of Topliss-reactive ketones (excluding diaryl/α,β-unsaturated/α-hetero) is 1. The molecule has 0 radical (unpaired) electrons. The summed E-state index contributed by atoms with van der Waals surface area (Å²) in [6, 6.07) is 17.0. The third-order valence-electron chi connectivity index (χ3n) is 4.47. The van der Waals surface area contributed by atoms with Crippen LogP contribution in [0.1, 0.15) is 28.4 Å². The van der Waals surface area contributed by atoms with Crippen molar-refractivity contribution in [2.24, 2.45) is 0 Å². The number of hydrogen-bond acceptors (Lipinski definition) is 4. The summed E-state index contributed by atoms with van der Waals surface area (Å²) in [5.74, 6) is -0.339. The zero-order valence-electron chi connectivity index (χ0n) is 16.2. The zero-order valence-corrected chi connectivity index (χ0v) is 16.2. The first-order valence-corrected chi connectivity index (χ1v) is 9.46. The summed E-state index contributed by atoms with van der Waals surface area (Å²) < 4.78 is 21.1. The number of carbonyl (C=O) groups excluding carboxylic acids is 1. The molecule has 0 bridgehead atoms. The lowest BCUT2D eigenvalue weighted by Crippen LogP contribution is -2.23. The molecule has 1 heterocycles. The van der Waals surface area contributed by atoms with Crippen LogP contribution in [0.4, 0.5) is 4.39 Å². The van der Waals surface area contributed by atoms with Gasteiger partial charge in [0.05, 0.1) is 6.54 Å². The Labute approximate surface area is 168 Å². The van der Waals surface area contributed by atoms with Crippen LogP contribution >= 0.6 is 0 Å². The van der Waals surface area contributed by atoms with Crippen molar-refractivity contribution in [1.82, 2.24) is 9.88 Å². The second-order valence-corrected chi connectivity index (χ2v) is 6.61. The first-order valence-electron chi connectivity index (χ1n) is 9.46. The zero-order chi connectivity index (χ0) is 20.6. The number of nitrogens with one attached hydrogen (secondary N) is 1. The summed E-state index contributed by atoms with van der Waals surface area (Å²) in [4.78, 5) is 24.8. The van der Waals surface area contributed by atoms with Crippen LogP contribution in [0, 0.1) is 5.82 Å². The first kappa shape index (κ1) is 20.5. The van der Waals surface area contributed by atoms with Gasteiger partial charge in [-0.25, -0.2) is 4.39 Å². The number of ether oxygens (including phenoxy) is 1. The van der Waals surface area contributed by atoms with Crippen LogP contribution in [0.3, 0.4) is 0 Å². The van der Waals surface area contributed by atoms with E-state index in [1.54, 1.807) is 18.2 Å². The Kier molecular flexibility index (Phi) is 6.92. The van der Waals surface area contributed by atoms with Gasteiger partial charge < -0.3 is 14.6 Å². The number of halogens is 1. The Hall–Kier alpha value is -3.25. The monoisotopic (exact) mass is 394 g/mol. The van der Waals surface area contributed by atoms with Crippen LogP contribution in [0.25, 0.3) is 0 Å². The van der Waals surface area contributed by atoms with Crippen molar-refractivity contribution >= 4 is 5.78 Å². The average Bonchev–Trinajstić information content (AvgIpc) is 2.73. The molecule has 0 aliphatic carbocycles. The van der Waals surface area contributed by atoms with Crippen molar-refractivity contribution in [3.63, 3.8) is 0 Å². The molecule has 150 valence electrons. The molecule has 29 heavy (non-hydrogen) atoms. The second-order valence-electron chi connectivity index (χ2n) is 6.61. The Bertz CT molecular complexity index is 1030. The fourth-order valence-electron chi connectivity index (χ4n) is 2.82. The lowest BCUT2D eigenvalue weighted by Gasteiger charge is -2.10. The largest absolute Gasteiger partial charge is 0.489 e. The summed E-state index contributed by atoms with van der Waals surface area (Å²) in [5.41, 5.74) is 1.37. The van der Waals surface area contributed by atoms with Crippen molar-refractivity contribution in [1.29, 1.82) is 0 Å². The van der Waals surface area contributed by atoms with Crippen molar-refractivity contribution in [3.8, 4) is 5.75 Å². The van der Waals surface area contributed by atoms with E-state index in [1.807, 2.05) is 37.3 Å². The molecule has 0 atom stereocenters. The highest BCUT2D eigenvalue weighted by Crippen LogP contribution is 2.13. The van der Waals surface area contributed by atoms with Crippen LogP contribution in [0.2, 0.25) is 0 Å². The molecule has 5 nitrogen and oxygen atoms in total. The number of pyridine rings is 1. The quantitative estimate of drug-likeness (QED) is 0.564. The Balaban J connectivity index is 1.64. The maximum absolute atomic E-state index is 14.2. The molecule has 0 saturated heterocycles. The predicted octanol–water partition coefficient (Wildman–Crippen LogP) is 3.56. The molecule has 0 spiro atoms. The third-order valence-corrected chi connectivity index (χ3v) is 4.47. The average molecular weight is 394 g/mol. The Morgan fingerprint density at radius 2 is 1.90 bits per heavy atom. The van der Waals surface area contributed by atoms with Gasteiger partial charge in [-0.05, 0) is 24.2 Å². The summed E-state index contributed by atoms with van der Waals surface area (Å²) in [6.45, 7) is 3.26. The standard InChI is InChI=1S/C23H23FN2O3/c1-2-25-14-19-9-8-18(12-21(19)24)22(27)15-26-11-10-20(13-23(26)28)29-16-17-6-4-3-5-7-17/h3-13,25H,2,14-16H2,1H3. The molecule has 3 rings (SSSR count). The first-order chi connectivity index (χ1) is 14.1. The number of aromatic nitrogens is 1. The van der Waals surface area contributed by atoms with E-state index < -0.39 is 5.82 Å². The SMILES string of the molecule is CCNCc1ccc(C(=O)Cn2ccc(OCc3ccccc3)cc2=O)cc1F. The summed E-state index contributed by atoms with van der Waals surface area (Å²) in [5, 5.41) is 3.05. The maximum Gasteiger partial charge on any atom is 0.254 e. The van der Waals surface area contributed by atoms with E-state index in [0.717, 1.165) is 12.1 Å². The van der Waals surface area contributed by atoms with Crippen molar-refractivity contribution < 1.29 is 13.9 Å².